The summed E-state index contributed by atoms with van der Waals surface area (Å²) in [6, 6.07) is 1.98. The third-order valence-corrected chi connectivity index (χ3v) is 4.94. The lowest BCUT2D eigenvalue weighted by atomic mass is 9.67. The third kappa shape index (κ3) is 2.08. The highest BCUT2D eigenvalue weighted by Crippen LogP contribution is 2.49. The summed E-state index contributed by atoms with van der Waals surface area (Å²) in [5.41, 5.74) is 2.07. The number of aryl methyl sites for hydroxylation is 1. The fourth-order valence-electron chi connectivity index (χ4n) is 3.94. The van der Waals surface area contributed by atoms with Crippen molar-refractivity contribution in [3.63, 3.8) is 0 Å². The van der Waals surface area contributed by atoms with Crippen molar-refractivity contribution in [2.75, 3.05) is 13.7 Å². The summed E-state index contributed by atoms with van der Waals surface area (Å²) in [4.78, 5) is 12.2. The molecule has 1 aromatic rings. The van der Waals surface area contributed by atoms with Gasteiger partial charge in [0.15, 0.2) is 0 Å². The molecule has 4 nitrogen and oxygen atoms in total. The van der Waals surface area contributed by atoms with Crippen molar-refractivity contribution in [3.05, 3.63) is 22.8 Å². The molecule has 114 valence electrons. The molecule has 2 aliphatic rings. The zero-order chi connectivity index (χ0) is 15.0. The molecule has 1 aliphatic heterocycles. The van der Waals surface area contributed by atoms with Gasteiger partial charge in [-0.3, -0.25) is 4.79 Å². The van der Waals surface area contributed by atoms with E-state index in [4.69, 9.17) is 9.47 Å². The fraction of sp³-hybridized carbons (Fsp3) is 0.588. The van der Waals surface area contributed by atoms with Gasteiger partial charge in [0.1, 0.15) is 11.5 Å². The van der Waals surface area contributed by atoms with Crippen molar-refractivity contribution in [2.24, 2.45) is 0 Å². The van der Waals surface area contributed by atoms with Gasteiger partial charge in [-0.15, -0.1) is 0 Å². The third-order valence-electron chi connectivity index (χ3n) is 4.94. The summed E-state index contributed by atoms with van der Waals surface area (Å²) >= 11 is 0. The number of methoxy groups -OCH3 is 1. The van der Waals surface area contributed by atoms with Crippen molar-refractivity contribution >= 4 is 5.97 Å². The predicted octanol–water partition coefficient (Wildman–Crippen LogP) is 3.23. The van der Waals surface area contributed by atoms with Gasteiger partial charge in [-0.1, -0.05) is 19.3 Å². The van der Waals surface area contributed by atoms with Crippen molar-refractivity contribution in [1.29, 1.82) is 0 Å². The molecule has 0 aromatic heterocycles. The fourth-order valence-corrected chi connectivity index (χ4v) is 3.94. The van der Waals surface area contributed by atoms with E-state index in [1.807, 2.05) is 13.0 Å². The maximum atomic E-state index is 12.2. The Morgan fingerprint density at radius 3 is 2.67 bits per heavy atom. The highest BCUT2D eigenvalue weighted by molar-refractivity contribution is 5.84. The van der Waals surface area contributed by atoms with Crippen LogP contribution in [0.3, 0.4) is 0 Å². The van der Waals surface area contributed by atoms with E-state index >= 15 is 0 Å². The largest absolute Gasteiger partial charge is 0.496 e. The molecule has 4 heteroatoms. The highest BCUT2D eigenvalue weighted by atomic mass is 16.5. The molecule has 1 aromatic carbocycles. The van der Waals surface area contributed by atoms with Crippen LogP contribution in [0.2, 0.25) is 0 Å². The molecule has 3 rings (SSSR count). The molecular weight excluding hydrogens is 268 g/mol. The number of hydrogen-bond donors (Lipinski definition) is 1. The molecule has 0 atom stereocenters. The van der Waals surface area contributed by atoms with Crippen LogP contribution in [-0.4, -0.2) is 24.8 Å². The molecule has 0 spiro atoms. The normalized spacial score (nSPS) is 19.7. The minimum atomic E-state index is -0.812. The van der Waals surface area contributed by atoms with Crippen molar-refractivity contribution in [1.82, 2.24) is 0 Å². The van der Waals surface area contributed by atoms with E-state index in [0.29, 0.717) is 19.4 Å². The van der Waals surface area contributed by atoms with Gasteiger partial charge in [0.05, 0.1) is 19.1 Å². The SMILES string of the molecule is COc1c(C)cc2c(c1C1(C(=O)O)CCCCC1)CCO2. The first-order valence-corrected chi connectivity index (χ1v) is 7.67. The number of benzene rings is 1. The number of carboxylic acids is 1. The first kappa shape index (κ1) is 14.2. The molecule has 1 fully saturated rings. The van der Waals surface area contributed by atoms with Crippen LogP contribution < -0.4 is 9.47 Å². The first-order chi connectivity index (χ1) is 10.1. The van der Waals surface area contributed by atoms with E-state index in [-0.39, 0.29) is 0 Å². The summed E-state index contributed by atoms with van der Waals surface area (Å²) in [6.45, 7) is 2.59. The summed E-state index contributed by atoms with van der Waals surface area (Å²) in [5.74, 6) is 0.859. The Morgan fingerprint density at radius 2 is 2.05 bits per heavy atom. The number of rotatable bonds is 3. The average molecular weight is 290 g/mol. The maximum Gasteiger partial charge on any atom is 0.314 e. The van der Waals surface area contributed by atoms with Crippen LogP contribution in [0.4, 0.5) is 0 Å². The molecule has 0 amide bonds. The van der Waals surface area contributed by atoms with Gasteiger partial charge in [-0.2, -0.15) is 0 Å². The van der Waals surface area contributed by atoms with E-state index in [0.717, 1.165) is 53.9 Å². The molecule has 0 unspecified atom stereocenters. The summed E-state index contributed by atoms with van der Waals surface area (Å²) in [6.07, 6.45) is 5.18. The van der Waals surface area contributed by atoms with Crippen molar-refractivity contribution < 1.29 is 19.4 Å². The Bertz CT molecular complexity index is 567. The number of carboxylic acid groups (broad SMARTS) is 1. The maximum absolute atomic E-state index is 12.2. The minimum Gasteiger partial charge on any atom is -0.496 e. The van der Waals surface area contributed by atoms with Crippen LogP contribution in [-0.2, 0) is 16.6 Å². The number of hydrogen-bond acceptors (Lipinski definition) is 3. The highest BCUT2D eigenvalue weighted by Gasteiger charge is 2.46. The predicted molar refractivity (Wildman–Crippen MR) is 79.3 cm³/mol. The van der Waals surface area contributed by atoms with Crippen LogP contribution in [0, 0.1) is 6.92 Å². The average Bonchev–Trinajstić information content (AvgIpc) is 2.93. The number of fused-ring (bicyclic) bond motifs is 1. The molecule has 1 heterocycles. The Hall–Kier alpha value is -1.71. The standard InChI is InChI=1S/C17H22O4/c1-11-10-13-12(6-9-21-13)14(15(11)20-2)17(16(18)19)7-4-3-5-8-17/h10H,3-9H2,1-2H3,(H,18,19). The zero-order valence-electron chi connectivity index (χ0n) is 12.7. The van der Waals surface area contributed by atoms with Crippen molar-refractivity contribution in [3.8, 4) is 11.5 Å². The Kier molecular flexibility index (Phi) is 3.56. The zero-order valence-corrected chi connectivity index (χ0v) is 12.7. The summed E-state index contributed by atoms with van der Waals surface area (Å²) in [7, 11) is 1.63. The van der Waals surface area contributed by atoms with Gasteiger partial charge >= 0.3 is 5.97 Å². The van der Waals surface area contributed by atoms with Crippen LogP contribution >= 0.6 is 0 Å². The van der Waals surface area contributed by atoms with Crippen LogP contribution in [0.15, 0.2) is 6.07 Å². The molecular formula is C17H22O4. The second-order valence-corrected chi connectivity index (χ2v) is 6.12. The van der Waals surface area contributed by atoms with E-state index in [1.165, 1.54) is 0 Å². The lowest BCUT2D eigenvalue weighted by Gasteiger charge is -2.36. The van der Waals surface area contributed by atoms with Gasteiger partial charge in [0.25, 0.3) is 0 Å². The molecule has 0 bridgehead atoms. The van der Waals surface area contributed by atoms with Gasteiger partial charge < -0.3 is 14.6 Å². The Labute approximate surface area is 125 Å². The lowest BCUT2D eigenvalue weighted by molar-refractivity contribution is -0.145. The van der Waals surface area contributed by atoms with Crippen LogP contribution in [0.5, 0.6) is 11.5 Å². The van der Waals surface area contributed by atoms with Gasteiger partial charge in [-0.25, -0.2) is 0 Å². The number of aliphatic carboxylic acids is 1. The Morgan fingerprint density at radius 1 is 1.33 bits per heavy atom. The first-order valence-electron chi connectivity index (χ1n) is 7.67. The second-order valence-electron chi connectivity index (χ2n) is 6.12. The summed E-state index contributed by atoms with van der Waals surface area (Å²) in [5, 5.41) is 9.99. The van der Waals surface area contributed by atoms with Gasteiger partial charge in [0.2, 0.25) is 0 Å². The van der Waals surface area contributed by atoms with Crippen molar-refractivity contribution in [2.45, 2.75) is 50.9 Å². The molecule has 1 aliphatic carbocycles. The van der Waals surface area contributed by atoms with E-state index in [9.17, 15) is 9.90 Å². The van der Waals surface area contributed by atoms with E-state index in [1.54, 1.807) is 7.11 Å². The Balaban J connectivity index is 2.26. The smallest absolute Gasteiger partial charge is 0.314 e. The number of carbonyl (C=O) groups is 1. The van der Waals surface area contributed by atoms with Crippen LogP contribution in [0.25, 0.3) is 0 Å². The molecule has 21 heavy (non-hydrogen) atoms. The molecule has 0 radical (unpaired) electrons. The topological polar surface area (TPSA) is 55.8 Å². The molecule has 0 saturated heterocycles. The van der Waals surface area contributed by atoms with Gasteiger partial charge in [0, 0.05) is 17.5 Å². The lowest BCUT2D eigenvalue weighted by Crippen LogP contribution is -2.39. The van der Waals surface area contributed by atoms with E-state index < -0.39 is 11.4 Å². The van der Waals surface area contributed by atoms with Crippen LogP contribution in [0.1, 0.15) is 48.8 Å². The van der Waals surface area contributed by atoms with Gasteiger partial charge in [-0.05, 0) is 31.4 Å². The second kappa shape index (κ2) is 5.24. The molecule has 1 N–H and O–H groups in total. The number of ether oxygens (including phenoxy) is 2. The monoisotopic (exact) mass is 290 g/mol. The molecule has 1 saturated carbocycles. The minimum absolute atomic E-state index is 0.630. The summed E-state index contributed by atoms with van der Waals surface area (Å²) < 4.78 is 11.3. The van der Waals surface area contributed by atoms with E-state index in [2.05, 4.69) is 0 Å². The quantitative estimate of drug-likeness (QED) is 0.928.